The zero-order valence-electron chi connectivity index (χ0n) is 10.9. The number of aliphatic hydroxyl groups is 1. The molecule has 0 amide bonds. The average molecular weight is 393 g/mol. The van der Waals surface area contributed by atoms with Crippen LogP contribution in [0.4, 0.5) is 4.39 Å². The lowest BCUT2D eigenvalue weighted by atomic mass is 9.89. The van der Waals surface area contributed by atoms with Crippen molar-refractivity contribution in [3.05, 3.63) is 67.9 Å². The summed E-state index contributed by atoms with van der Waals surface area (Å²) in [5.74, 6) is -1.18. The van der Waals surface area contributed by atoms with E-state index < -0.39 is 17.8 Å². The third-order valence-electron chi connectivity index (χ3n) is 3.24. The van der Waals surface area contributed by atoms with E-state index in [-0.39, 0.29) is 17.1 Å². The van der Waals surface area contributed by atoms with Gasteiger partial charge in [0.2, 0.25) is 0 Å². The highest BCUT2D eigenvalue weighted by atomic mass is 79.9. The van der Waals surface area contributed by atoms with Gasteiger partial charge < -0.3 is 10.8 Å². The predicted octanol–water partition coefficient (Wildman–Crippen LogP) is 4.67. The molecule has 2 aromatic carbocycles. The maximum Gasteiger partial charge on any atom is 0.145 e. The van der Waals surface area contributed by atoms with Gasteiger partial charge in [0.25, 0.3) is 0 Å². The molecular weight excluding hydrogens is 380 g/mol. The monoisotopic (exact) mass is 391 g/mol. The zero-order chi connectivity index (χ0) is 15.6. The summed E-state index contributed by atoms with van der Waals surface area (Å²) in [6.45, 7) is 0.0720. The number of nitrogens with two attached hydrogens (primary N) is 1. The fourth-order valence-corrected chi connectivity index (χ4v) is 3.28. The minimum atomic E-state index is -0.988. The molecule has 0 aliphatic rings. The summed E-state index contributed by atoms with van der Waals surface area (Å²) in [5.41, 5.74) is 6.57. The topological polar surface area (TPSA) is 46.2 Å². The van der Waals surface area contributed by atoms with Crippen molar-refractivity contribution >= 4 is 39.1 Å². The molecule has 0 aliphatic carbocycles. The Bertz CT molecular complexity index is 633. The Labute approximate surface area is 140 Å². The molecule has 21 heavy (non-hydrogen) atoms. The Morgan fingerprint density at radius 2 is 1.95 bits per heavy atom. The molecule has 0 spiro atoms. The molecule has 0 fully saturated rings. The molecule has 3 N–H and O–H groups in total. The maximum absolute atomic E-state index is 14.1. The maximum atomic E-state index is 14.1. The number of benzene rings is 2. The second-order valence-corrected chi connectivity index (χ2v) is 6.39. The standard InChI is InChI=1S/C15H13BrCl2FNO/c16-9-4-8(5-10(17)6-9)15(21)12(7-20)11-2-1-3-13(18)14(11)19/h1-6,12,15,21H,7,20H2. The van der Waals surface area contributed by atoms with Crippen LogP contribution < -0.4 is 5.73 Å². The molecule has 2 aromatic rings. The minimum absolute atomic E-state index is 0.00502. The predicted molar refractivity (Wildman–Crippen MR) is 87.3 cm³/mol. The molecule has 112 valence electrons. The van der Waals surface area contributed by atoms with E-state index >= 15 is 0 Å². The van der Waals surface area contributed by atoms with E-state index in [1.807, 2.05) is 0 Å². The van der Waals surface area contributed by atoms with Crippen molar-refractivity contribution in [2.24, 2.45) is 5.73 Å². The van der Waals surface area contributed by atoms with Gasteiger partial charge in [-0.05, 0) is 35.4 Å². The molecule has 0 heterocycles. The van der Waals surface area contributed by atoms with Gasteiger partial charge in [-0.1, -0.05) is 51.3 Å². The van der Waals surface area contributed by atoms with Gasteiger partial charge in [-0.2, -0.15) is 0 Å². The first kappa shape index (κ1) is 16.7. The molecule has 0 saturated carbocycles. The van der Waals surface area contributed by atoms with Gasteiger partial charge in [0.05, 0.1) is 11.1 Å². The molecule has 2 rings (SSSR count). The van der Waals surface area contributed by atoms with Crippen LogP contribution in [-0.2, 0) is 0 Å². The third kappa shape index (κ3) is 3.76. The molecule has 2 unspecified atom stereocenters. The lowest BCUT2D eigenvalue weighted by Crippen LogP contribution is -2.21. The van der Waals surface area contributed by atoms with Crippen LogP contribution in [0, 0.1) is 5.82 Å². The van der Waals surface area contributed by atoms with Crippen molar-refractivity contribution in [3.63, 3.8) is 0 Å². The van der Waals surface area contributed by atoms with Crippen molar-refractivity contribution in [2.45, 2.75) is 12.0 Å². The summed E-state index contributed by atoms with van der Waals surface area (Å²) in [7, 11) is 0. The summed E-state index contributed by atoms with van der Waals surface area (Å²) >= 11 is 15.1. The number of aliphatic hydroxyl groups excluding tert-OH is 1. The molecule has 0 bridgehead atoms. The van der Waals surface area contributed by atoms with E-state index in [0.717, 1.165) is 4.47 Å². The zero-order valence-corrected chi connectivity index (χ0v) is 14.0. The van der Waals surface area contributed by atoms with E-state index in [1.54, 1.807) is 30.3 Å². The normalized spacial score (nSPS) is 14.0. The Morgan fingerprint density at radius 3 is 2.57 bits per heavy atom. The van der Waals surface area contributed by atoms with Crippen molar-refractivity contribution in [1.82, 2.24) is 0 Å². The van der Waals surface area contributed by atoms with Gasteiger partial charge in [-0.25, -0.2) is 4.39 Å². The lowest BCUT2D eigenvalue weighted by molar-refractivity contribution is 0.145. The molecule has 2 nitrogen and oxygen atoms in total. The van der Waals surface area contributed by atoms with Crippen molar-refractivity contribution in [1.29, 1.82) is 0 Å². The molecule has 0 aliphatic heterocycles. The van der Waals surface area contributed by atoms with Crippen LogP contribution in [-0.4, -0.2) is 11.7 Å². The summed E-state index contributed by atoms with van der Waals surface area (Å²) in [6, 6.07) is 9.71. The number of halogens is 4. The van der Waals surface area contributed by atoms with Crippen molar-refractivity contribution in [2.75, 3.05) is 6.54 Å². The first-order valence-corrected chi connectivity index (χ1v) is 7.77. The van der Waals surface area contributed by atoms with Crippen LogP contribution in [0.15, 0.2) is 40.9 Å². The van der Waals surface area contributed by atoms with Crippen LogP contribution in [0.5, 0.6) is 0 Å². The van der Waals surface area contributed by atoms with Crippen LogP contribution >= 0.6 is 39.1 Å². The summed E-state index contributed by atoms with van der Waals surface area (Å²) in [6.07, 6.45) is -0.988. The summed E-state index contributed by atoms with van der Waals surface area (Å²) < 4.78 is 14.9. The van der Waals surface area contributed by atoms with E-state index in [2.05, 4.69) is 15.9 Å². The van der Waals surface area contributed by atoms with E-state index in [9.17, 15) is 9.50 Å². The first-order chi connectivity index (χ1) is 9.93. The Kier molecular flexibility index (Phi) is 5.63. The van der Waals surface area contributed by atoms with E-state index in [0.29, 0.717) is 10.6 Å². The Balaban J connectivity index is 2.43. The smallest absolute Gasteiger partial charge is 0.145 e. The van der Waals surface area contributed by atoms with Gasteiger partial charge >= 0.3 is 0 Å². The average Bonchev–Trinajstić information content (AvgIpc) is 2.43. The second-order valence-electron chi connectivity index (χ2n) is 4.63. The van der Waals surface area contributed by atoms with Gasteiger partial charge in [0, 0.05) is 22.0 Å². The first-order valence-electron chi connectivity index (χ1n) is 6.22. The fourth-order valence-electron chi connectivity index (χ4n) is 2.21. The van der Waals surface area contributed by atoms with Crippen LogP contribution in [0.1, 0.15) is 23.1 Å². The number of rotatable bonds is 4. The van der Waals surface area contributed by atoms with E-state index in [4.69, 9.17) is 28.9 Å². The molecule has 0 saturated heterocycles. The van der Waals surface area contributed by atoms with Gasteiger partial charge in [0.1, 0.15) is 5.82 Å². The van der Waals surface area contributed by atoms with Gasteiger partial charge in [-0.15, -0.1) is 0 Å². The van der Waals surface area contributed by atoms with Gasteiger partial charge in [-0.3, -0.25) is 0 Å². The Morgan fingerprint density at radius 1 is 1.24 bits per heavy atom. The van der Waals surface area contributed by atoms with Crippen LogP contribution in [0.25, 0.3) is 0 Å². The molecule has 2 atom stereocenters. The second kappa shape index (κ2) is 7.07. The van der Waals surface area contributed by atoms with Crippen molar-refractivity contribution < 1.29 is 9.50 Å². The fraction of sp³-hybridized carbons (Fsp3) is 0.200. The van der Waals surface area contributed by atoms with E-state index in [1.165, 1.54) is 6.07 Å². The largest absolute Gasteiger partial charge is 0.388 e. The Hall–Kier alpha value is -0.650. The number of hydrogen-bond donors (Lipinski definition) is 2. The quantitative estimate of drug-likeness (QED) is 0.793. The van der Waals surface area contributed by atoms with Crippen LogP contribution in [0.2, 0.25) is 10.0 Å². The minimum Gasteiger partial charge on any atom is -0.388 e. The van der Waals surface area contributed by atoms with Crippen LogP contribution in [0.3, 0.4) is 0 Å². The highest BCUT2D eigenvalue weighted by Gasteiger charge is 2.25. The summed E-state index contributed by atoms with van der Waals surface area (Å²) in [4.78, 5) is 0. The summed E-state index contributed by atoms with van der Waals surface area (Å²) in [5, 5.41) is 11.0. The molecule has 6 heteroatoms. The SMILES string of the molecule is NCC(c1cccc(Cl)c1F)C(O)c1cc(Cl)cc(Br)c1. The molecular formula is C15H13BrCl2FNO. The lowest BCUT2D eigenvalue weighted by Gasteiger charge is -2.23. The molecule has 0 aromatic heterocycles. The highest BCUT2D eigenvalue weighted by molar-refractivity contribution is 9.10. The van der Waals surface area contributed by atoms with Crippen molar-refractivity contribution in [3.8, 4) is 0 Å². The molecule has 0 radical (unpaired) electrons. The highest BCUT2D eigenvalue weighted by Crippen LogP contribution is 2.35. The van der Waals surface area contributed by atoms with Gasteiger partial charge in [0.15, 0.2) is 0 Å². The third-order valence-corrected chi connectivity index (χ3v) is 4.21. The number of hydrogen-bond acceptors (Lipinski definition) is 2.